The van der Waals surface area contributed by atoms with Crippen molar-refractivity contribution in [3.63, 3.8) is 0 Å². The van der Waals surface area contributed by atoms with Crippen molar-refractivity contribution in [3.8, 4) is 5.75 Å². The van der Waals surface area contributed by atoms with Crippen LogP contribution in [0.1, 0.15) is 51.6 Å². The van der Waals surface area contributed by atoms with Gasteiger partial charge < -0.3 is 20.7 Å². The summed E-state index contributed by atoms with van der Waals surface area (Å²) < 4.78 is 19.8. The largest absolute Gasteiger partial charge is 0.490 e. The van der Waals surface area contributed by atoms with E-state index in [9.17, 15) is 9.18 Å². The lowest BCUT2D eigenvalue weighted by Gasteiger charge is -2.19. The highest BCUT2D eigenvalue weighted by atomic mass is 19.1. The highest BCUT2D eigenvalue weighted by molar-refractivity contribution is 5.85. The van der Waals surface area contributed by atoms with Gasteiger partial charge in [0.2, 0.25) is 5.91 Å². The summed E-state index contributed by atoms with van der Waals surface area (Å²) in [6, 6.07) is 4.83. The van der Waals surface area contributed by atoms with E-state index in [2.05, 4.69) is 20.9 Å². The molecule has 0 aliphatic heterocycles. The first kappa shape index (κ1) is 21.0. The lowest BCUT2D eigenvalue weighted by atomic mass is 10.1. The molecule has 0 heterocycles. The molecule has 2 rings (SSSR count). The van der Waals surface area contributed by atoms with E-state index in [1.54, 1.807) is 6.07 Å². The first-order valence-corrected chi connectivity index (χ1v) is 9.77. The number of aliphatic imine (C=N–C) groups is 1. The predicted octanol–water partition coefficient (Wildman–Crippen LogP) is 2.76. The maximum absolute atomic E-state index is 14.3. The average molecular weight is 378 g/mol. The molecule has 1 fully saturated rings. The Kier molecular flexibility index (Phi) is 8.36. The molecule has 1 saturated carbocycles. The third kappa shape index (κ3) is 7.45. The molecule has 1 unspecified atom stereocenters. The van der Waals surface area contributed by atoms with Crippen molar-refractivity contribution >= 4 is 11.9 Å². The van der Waals surface area contributed by atoms with Gasteiger partial charge in [0.05, 0.1) is 12.6 Å². The fourth-order valence-corrected chi connectivity index (χ4v) is 2.48. The first-order chi connectivity index (χ1) is 13.0. The third-order valence-corrected chi connectivity index (χ3v) is 4.28. The Hall–Kier alpha value is -2.31. The number of rotatable bonds is 10. The Morgan fingerprint density at radius 3 is 2.74 bits per heavy atom. The summed E-state index contributed by atoms with van der Waals surface area (Å²) in [6.07, 6.45) is 3.23. The minimum atomic E-state index is -0.359. The van der Waals surface area contributed by atoms with E-state index < -0.39 is 0 Å². The molecule has 1 aromatic rings. The minimum absolute atomic E-state index is 0.0460. The minimum Gasteiger partial charge on any atom is -0.490 e. The molecule has 1 atom stereocenters. The molecular weight excluding hydrogens is 347 g/mol. The Bertz CT molecular complexity index is 647. The van der Waals surface area contributed by atoms with Gasteiger partial charge in [-0.3, -0.25) is 4.79 Å². The van der Waals surface area contributed by atoms with Gasteiger partial charge in [-0.15, -0.1) is 0 Å². The summed E-state index contributed by atoms with van der Waals surface area (Å²) in [6.45, 7) is 7.80. The molecule has 0 aromatic heterocycles. The van der Waals surface area contributed by atoms with Crippen LogP contribution in [0, 0.1) is 11.7 Å². The number of hydrogen-bond acceptors (Lipinski definition) is 3. The van der Waals surface area contributed by atoms with Crippen LogP contribution in [-0.2, 0) is 4.79 Å². The number of guanidine groups is 1. The molecule has 1 aliphatic rings. The standard InChI is InChI=1S/C20H31FN4O2/c1-4-10-23-19(26)12-24-20(22-5-2)25-14(3)16-8-9-18(17(21)11-16)27-13-15-6-7-15/h8-9,11,14-15H,4-7,10,12-13H2,1-3H3,(H,23,26)(H2,22,24,25). The number of nitrogens with one attached hydrogen (secondary N) is 3. The van der Waals surface area contributed by atoms with E-state index >= 15 is 0 Å². The number of carbonyl (C=O) groups excluding carboxylic acids is 1. The molecule has 3 N–H and O–H groups in total. The van der Waals surface area contributed by atoms with E-state index in [-0.39, 0.29) is 24.3 Å². The molecule has 0 saturated heterocycles. The van der Waals surface area contributed by atoms with E-state index in [1.807, 2.05) is 26.8 Å². The number of ether oxygens (including phenoxy) is 1. The fourth-order valence-electron chi connectivity index (χ4n) is 2.48. The summed E-state index contributed by atoms with van der Waals surface area (Å²) in [5.41, 5.74) is 0.785. The van der Waals surface area contributed by atoms with Gasteiger partial charge in [-0.25, -0.2) is 9.38 Å². The molecule has 0 radical (unpaired) electrons. The zero-order chi connectivity index (χ0) is 19.6. The van der Waals surface area contributed by atoms with Crippen LogP contribution in [0.25, 0.3) is 0 Å². The molecule has 1 aliphatic carbocycles. The van der Waals surface area contributed by atoms with Gasteiger partial charge in [0.25, 0.3) is 0 Å². The van der Waals surface area contributed by atoms with Gasteiger partial charge >= 0.3 is 0 Å². The Morgan fingerprint density at radius 1 is 1.33 bits per heavy atom. The smallest absolute Gasteiger partial charge is 0.241 e. The van der Waals surface area contributed by atoms with Gasteiger partial charge in [0, 0.05) is 13.1 Å². The maximum Gasteiger partial charge on any atom is 0.241 e. The highest BCUT2D eigenvalue weighted by Gasteiger charge is 2.22. The van der Waals surface area contributed by atoms with E-state index in [4.69, 9.17) is 4.74 Å². The monoisotopic (exact) mass is 378 g/mol. The molecule has 1 aromatic carbocycles. The number of benzene rings is 1. The molecule has 0 spiro atoms. The summed E-state index contributed by atoms with van der Waals surface area (Å²) in [5, 5.41) is 9.09. The van der Waals surface area contributed by atoms with Gasteiger partial charge in [0.15, 0.2) is 17.5 Å². The second kappa shape index (κ2) is 10.7. The molecule has 0 bridgehead atoms. The quantitative estimate of drug-likeness (QED) is 0.432. The summed E-state index contributed by atoms with van der Waals surface area (Å²) in [4.78, 5) is 16.0. The Morgan fingerprint density at radius 2 is 2.11 bits per heavy atom. The number of hydrogen-bond donors (Lipinski definition) is 3. The van der Waals surface area contributed by atoms with Crippen LogP contribution in [0.15, 0.2) is 23.2 Å². The lowest BCUT2D eigenvalue weighted by Crippen LogP contribution is -2.39. The Balaban J connectivity index is 1.93. The topological polar surface area (TPSA) is 74.8 Å². The average Bonchev–Trinajstić information content (AvgIpc) is 3.48. The van der Waals surface area contributed by atoms with Crippen LogP contribution >= 0.6 is 0 Å². The molecule has 150 valence electrons. The van der Waals surface area contributed by atoms with Crippen LogP contribution in [0.3, 0.4) is 0 Å². The van der Waals surface area contributed by atoms with Gasteiger partial charge in [-0.2, -0.15) is 0 Å². The van der Waals surface area contributed by atoms with Gasteiger partial charge in [-0.1, -0.05) is 13.0 Å². The van der Waals surface area contributed by atoms with Crippen LogP contribution in [-0.4, -0.2) is 38.1 Å². The van der Waals surface area contributed by atoms with Crippen molar-refractivity contribution in [1.82, 2.24) is 16.0 Å². The third-order valence-electron chi connectivity index (χ3n) is 4.28. The zero-order valence-corrected chi connectivity index (χ0v) is 16.5. The predicted molar refractivity (Wildman–Crippen MR) is 105 cm³/mol. The molecular formula is C20H31FN4O2. The van der Waals surface area contributed by atoms with Crippen molar-refractivity contribution in [2.45, 2.75) is 46.1 Å². The summed E-state index contributed by atoms with van der Waals surface area (Å²) in [7, 11) is 0. The number of nitrogens with zero attached hydrogens (tertiary/aromatic N) is 1. The second-order valence-electron chi connectivity index (χ2n) is 6.86. The van der Waals surface area contributed by atoms with Crippen LogP contribution in [0.5, 0.6) is 5.75 Å². The van der Waals surface area contributed by atoms with Crippen LogP contribution < -0.4 is 20.7 Å². The summed E-state index contributed by atoms with van der Waals surface area (Å²) in [5.74, 6) is 0.919. The molecule has 1 amide bonds. The molecule has 6 nitrogen and oxygen atoms in total. The van der Waals surface area contributed by atoms with Crippen molar-refractivity contribution in [2.24, 2.45) is 10.9 Å². The van der Waals surface area contributed by atoms with Crippen molar-refractivity contribution in [3.05, 3.63) is 29.6 Å². The van der Waals surface area contributed by atoms with Crippen LogP contribution in [0.4, 0.5) is 4.39 Å². The van der Waals surface area contributed by atoms with Crippen molar-refractivity contribution in [1.29, 1.82) is 0 Å². The highest BCUT2D eigenvalue weighted by Crippen LogP contribution is 2.30. The van der Waals surface area contributed by atoms with Crippen LogP contribution in [0.2, 0.25) is 0 Å². The van der Waals surface area contributed by atoms with E-state index in [0.29, 0.717) is 37.3 Å². The zero-order valence-electron chi connectivity index (χ0n) is 16.5. The van der Waals surface area contributed by atoms with Crippen molar-refractivity contribution < 1.29 is 13.9 Å². The van der Waals surface area contributed by atoms with Gasteiger partial charge in [0.1, 0.15) is 6.54 Å². The normalized spacial score (nSPS) is 15.2. The van der Waals surface area contributed by atoms with Gasteiger partial charge in [-0.05, 0) is 56.7 Å². The number of halogens is 1. The Labute approximate surface area is 161 Å². The van der Waals surface area contributed by atoms with E-state index in [1.165, 1.54) is 18.9 Å². The molecule has 27 heavy (non-hydrogen) atoms. The van der Waals surface area contributed by atoms with Crippen molar-refractivity contribution in [2.75, 3.05) is 26.2 Å². The SMILES string of the molecule is CCCNC(=O)CN=C(NCC)NC(C)c1ccc(OCC2CC2)c(F)c1. The maximum atomic E-state index is 14.3. The molecule has 7 heteroatoms. The number of carbonyl (C=O) groups is 1. The fraction of sp³-hybridized carbons (Fsp3) is 0.600. The summed E-state index contributed by atoms with van der Waals surface area (Å²) >= 11 is 0. The second-order valence-corrected chi connectivity index (χ2v) is 6.86. The first-order valence-electron chi connectivity index (χ1n) is 9.77. The number of amides is 1. The lowest BCUT2D eigenvalue weighted by molar-refractivity contribution is -0.119. The van der Waals surface area contributed by atoms with E-state index in [0.717, 1.165) is 12.0 Å².